The maximum absolute atomic E-state index is 12.8. The number of carbonyl (C=O) groups is 1. The summed E-state index contributed by atoms with van der Waals surface area (Å²) >= 11 is 6.58. The summed E-state index contributed by atoms with van der Waals surface area (Å²) in [5, 5.41) is 20.5. The van der Waals surface area contributed by atoms with E-state index in [2.05, 4.69) is 4.98 Å². The Kier molecular flexibility index (Phi) is 5.85. The number of hydrogen-bond acceptors (Lipinski definition) is 3. The predicted molar refractivity (Wildman–Crippen MR) is 139 cm³/mol. The third-order valence-electron chi connectivity index (χ3n) is 5.94. The Balaban J connectivity index is 1.56. The number of aromatic amines is 1. The molecule has 1 heterocycles. The van der Waals surface area contributed by atoms with Crippen LogP contribution in [0.3, 0.4) is 0 Å². The summed E-state index contributed by atoms with van der Waals surface area (Å²) in [6.07, 6.45) is -0.115. The van der Waals surface area contributed by atoms with Crippen LogP contribution in [-0.2, 0) is 11.2 Å². The van der Waals surface area contributed by atoms with E-state index in [1.807, 2.05) is 42.5 Å². The molecule has 0 amide bonds. The average molecular weight is 482 g/mol. The van der Waals surface area contributed by atoms with Gasteiger partial charge in [0, 0.05) is 22.2 Å². The van der Waals surface area contributed by atoms with Gasteiger partial charge < -0.3 is 15.2 Å². The monoisotopic (exact) mass is 481 g/mol. The number of aliphatic carboxylic acids is 1. The van der Waals surface area contributed by atoms with Crippen LogP contribution in [0.25, 0.3) is 44.3 Å². The van der Waals surface area contributed by atoms with Gasteiger partial charge >= 0.3 is 5.97 Å². The van der Waals surface area contributed by atoms with Gasteiger partial charge in [-0.15, -0.1) is 0 Å². The lowest BCUT2D eigenvalue weighted by atomic mass is 9.97. The molecule has 0 atom stereocenters. The minimum absolute atomic E-state index is 0.115. The van der Waals surface area contributed by atoms with E-state index in [0.717, 1.165) is 27.6 Å². The topological polar surface area (TPSA) is 90.4 Å². The van der Waals surface area contributed by atoms with Crippen LogP contribution >= 0.6 is 11.6 Å². The van der Waals surface area contributed by atoms with Gasteiger partial charge in [-0.3, -0.25) is 9.59 Å². The maximum atomic E-state index is 12.8. The SMILES string of the molecule is O=C(O)Cc1cccc(-c2cc3cc(-c4ccc(-c5ccccc5O)cc4)c(Cl)cc3[nH]c2=O)c1. The van der Waals surface area contributed by atoms with Crippen molar-refractivity contribution in [2.24, 2.45) is 0 Å². The molecule has 35 heavy (non-hydrogen) atoms. The van der Waals surface area contributed by atoms with E-state index in [1.165, 1.54) is 0 Å². The van der Waals surface area contributed by atoms with Gasteiger partial charge in [-0.2, -0.15) is 0 Å². The number of hydrogen-bond donors (Lipinski definition) is 3. The molecule has 0 aliphatic heterocycles. The molecule has 0 radical (unpaired) electrons. The van der Waals surface area contributed by atoms with Crippen LogP contribution in [0.4, 0.5) is 0 Å². The number of carboxylic acids is 1. The van der Waals surface area contributed by atoms with Crippen molar-refractivity contribution in [1.29, 1.82) is 0 Å². The van der Waals surface area contributed by atoms with Crippen molar-refractivity contribution >= 4 is 28.5 Å². The Morgan fingerprint density at radius 3 is 2.17 bits per heavy atom. The summed E-state index contributed by atoms with van der Waals surface area (Å²) in [5.74, 6) is -0.713. The standard InChI is InChI=1S/C29H20ClNO4/c30-25-16-26-21(15-24(29(35)31-26)20-5-3-4-17(12-20)13-28(33)34)14-23(25)19-10-8-18(9-11-19)22-6-1-2-7-27(22)32/h1-12,14-16,32H,13H2,(H,31,35)(H,33,34). The molecule has 3 N–H and O–H groups in total. The van der Waals surface area contributed by atoms with Crippen LogP contribution in [0.2, 0.25) is 5.02 Å². The number of phenols is 1. The normalized spacial score (nSPS) is 11.0. The van der Waals surface area contributed by atoms with E-state index in [-0.39, 0.29) is 17.7 Å². The molecule has 0 saturated carbocycles. The number of aromatic nitrogens is 1. The lowest BCUT2D eigenvalue weighted by Crippen LogP contribution is -2.09. The van der Waals surface area contributed by atoms with Crippen molar-refractivity contribution < 1.29 is 15.0 Å². The van der Waals surface area contributed by atoms with Gasteiger partial charge in [0.25, 0.3) is 5.56 Å². The fraction of sp³-hybridized carbons (Fsp3) is 0.0345. The first-order valence-corrected chi connectivity index (χ1v) is 11.3. The van der Waals surface area contributed by atoms with Crippen molar-refractivity contribution in [3.05, 3.63) is 112 Å². The number of benzene rings is 4. The lowest BCUT2D eigenvalue weighted by Gasteiger charge is -2.11. The van der Waals surface area contributed by atoms with E-state index in [4.69, 9.17) is 16.7 Å². The zero-order valence-corrected chi connectivity index (χ0v) is 19.2. The molecule has 172 valence electrons. The molecule has 0 aliphatic carbocycles. The van der Waals surface area contributed by atoms with Crippen molar-refractivity contribution in [1.82, 2.24) is 4.98 Å². The average Bonchev–Trinajstić information content (AvgIpc) is 2.84. The van der Waals surface area contributed by atoms with Crippen LogP contribution in [0, 0.1) is 0 Å². The molecule has 0 bridgehead atoms. The molecule has 0 saturated heterocycles. The summed E-state index contributed by atoms with van der Waals surface area (Å²) in [4.78, 5) is 26.8. The molecule has 0 unspecified atom stereocenters. The number of phenolic OH excluding ortho intramolecular Hbond substituents is 1. The summed E-state index contributed by atoms with van der Waals surface area (Å²) in [6.45, 7) is 0. The number of rotatable bonds is 5. The molecule has 5 nitrogen and oxygen atoms in total. The number of nitrogens with one attached hydrogen (secondary N) is 1. The number of para-hydroxylation sites is 1. The van der Waals surface area contributed by atoms with E-state index in [0.29, 0.717) is 27.2 Å². The number of fused-ring (bicyclic) bond motifs is 1. The van der Waals surface area contributed by atoms with Crippen LogP contribution in [-0.4, -0.2) is 21.2 Å². The summed E-state index contributed by atoms with van der Waals surface area (Å²) < 4.78 is 0. The molecule has 6 heteroatoms. The second-order valence-corrected chi connectivity index (χ2v) is 8.70. The number of aromatic hydroxyl groups is 1. The first kappa shape index (κ1) is 22.4. The van der Waals surface area contributed by atoms with E-state index in [1.54, 1.807) is 48.5 Å². The highest BCUT2D eigenvalue weighted by Crippen LogP contribution is 2.35. The lowest BCUT2D eigenvalue weighted by molar-refractivity contribution is -0.136. The number of carboxylic acid groups (broad SMARTS) is 1. The molecule has 4 aromatic carbocycles. The Morgan fingerprint density at radius 1 is 0.771 bits per heavy atom. The molecule has 5 rings (SSSR count). The Morgan fingerprint density at radius 2 is 1.46 bits per heavy atom. The van der Waals surface area contributed by atoms with E-state index in [9.17, 15) is 14.7 Å². The first-order valence-electron chi connectivity index (χ1n) is 11.0. The van der Waals surface area contributed by atoms with Crippen LogP contribution in [0.5, 0.6) is 5.75 Å². The second kappa shape index (κ2) is 9.12. The molecule has 0 spiro atoms. The molecule has 0 fully saturated rings. The van der Waals surface area contributed by atoms with Crippen molar-refractivity contribution in [2.75, 3.05) is 0 Å². The quantitative estimate of drug-likeness (QED) is 0.266. The molecule has 5 aromatic rings. The first-order chi connectivity index (χ1) is 16.9. The van der Waals surface area contributed by atoms with Crippen LogP contribution in [0.15, 0.2) is 95.8 Å². The minimum Gasteiger partial charge on any atom is -0.507 e. The summed E-state index contributed by atoms with van der Waals surface area (Å²) in [5.41, 5.74) is 5.39. The fourth-order valence-corrected chi connectivity index (χ4v) is 4.51. The maximum Gasteiger partial charge on any atom is 0.307 e. The van der Waals surface area contributed by atoms with Crippen molar-refractivity contribution in [3.63, 3.8) is 0 Å². The third kappa shape index (κ3) is 4.54. The van der Waals surface area contributed by atoms with Gasteiger partial charge in [0.2, 0.25) is 0 Å². The Labute approximate surface area is 205 Å². The van der Waals surface area contributed by atoms with Gasteiger partial charge in [-0.05, 0) is 51.9 Å². The molecular weight excluding hydrogens is 462 g/mol. The Bertz CT molecular complexity index is 1640. The largest absolute Gasteiger partial charge is 0.507 e. The number of halogens is 1. The fourth-order valence-electron chi connectivity index (χ4n) is 4.23. The Hall–Kier alpha value is -4.35. The zero-order chi connectivity index (χ0) is 24.5. The third-order valence-corrected chi connectivity index (χ3v) is 6.25. The van der Waals surface area contributed by atoms with Gasteiger partial charge in [-0.25, -0.2) is 0 Å². The highest BCUT2D eigenvalue weighted by atomic mass is 35.5. The van der Waals surface area contributed by atoms with Crippen LogP contribution < -0.4 is 5.56 Å². The highest BCUT2D eigenvalue weighted by Gasteiger charge is 2.12. The number of pyridine rings is 1. The summed E-state index contributed by atoms with van der Waals surface area (Å²) in [6, 6.07) is 27.3. The highest BCUT2D eigenvalue weighted by molar-refractivity contribution is 6.34. The smallest absolute Gasteiger partial charge is 0.307 e. The molecule has 1 aromatic heterocycles. The van der Waals surface area contributed by atoms with Crippen molar-refractivity contribution in [3.8, 4) is 39.1 Å². The predicted octanol–water partition coefficient (Wildman–Crippen LogP) is 6.52. The molecule has 0 aliphatic rings. The van der Waals surface area contributed by atoms with E-state index < -0.39 is 5.97 Å². The van der Waals surface area contributed by atoms with Gasteiger partial charge in [-0.1, -0.05) is 78.3 Å². The van der Waals surface area contributed by atoms with Gasteiger partial charge in [0.05, 0.1) is 11.4 Å². The van der Waals surface area contributed by atoms with E-state index >= 15 is 0 Å². The minimum atomic E-state index is -0.928. The number of H-pyrrole nitrogens is 1. The van der Waals surface area contributed by atoms with Crippen molar-refractivity contribution in [2.45, 2.75) is 6.42 Å². The van der Waals surface area contributed by atoms with Gasteiger partial charge in [0.1, 0.15) is 5.75 Å². The summed E-state index contributed by atoms with van der Waals surface area (Å²) in [7, 11) is 0. The van der Waals surface area contributed by atoms with Gasteiger partial charge in [0.15, 0.2) is 0 Å². The van der Waals surface area contributed by atoms with Crippen LogP contribution in [0.1, 0.15) is 5.56 Å². The zero-order valence-electron chi connectivity index (χ0n) is 18.5. The second-order valence-electron chi connectivity index (χ2n) is 8.30. The molecular formula is C29H20ClNO4.